The molecule has 0 saturated heterocycles. The molecular weight excluding hydrogens is 218 g/mol. The Bertz CT molecular complexity index is 371. The second-order valence-corrected chi connectivity index (χ2v) is 3.86. The number of carboxylic acids is 1. The normalized spacial score (nSPS) is 13.8. The van der Waals surface area contributed by atoms with E-state index in [2.05, 4.69) is 5.10 Å². The average Bonchev–Trinajstić information content (AvgIpc) is 2.59. The maximum atomic E-state index is 12.6. The summed E-state index contributed by atoms with van der Waals surface area (Å²) in [5.41, 5.74) is 0.441. The molecule has 0 aliphatic heterocycles. The van der Waals surface area contributed by atoms with Crippen molar-refractivity contribution in [3.8, 4) is 0 Å². The number of carbonyl (C=O) groups is 1. The van der Waals surface area contributed by atoms with Crippen LogP contribution < -0.4 is 0 Å². The van der Waals surface area contributed by atoms with Gasteiger partial charge in [0.1, 0.15) is 0 Å². The molecule has 0 amide bonds. The zero-order chi connectivity index (χ0) is 12.3. The van der Waals surface area contributed by atoms with E-state index in [1.165, 1.54) is 23.9 Å². The molecule has 0 aliphatic carbocycles. The van der Waals surface area contributed by atoms with Gasteiger partial charge in [0.05, 0.1) is 11.6 Å². The first kappa shape index (κ1) is 12.6. The van der Waals surface area contributed by atoms with Crippen LogP contribution in [0.25, 0.3) is 0 Å². The van der Waals surface area contributed by atoms with Crippen molar-refractivity contribution in [2.24, 2.45) is 0 Å². The van der Waals surface area contributed by atoms with Gasteiger partial charge in [0, 0.05) is 19.2 Å². The molecule has 1 unspecified atom stereocenters. The lowest BCUT2D eigenvalue weighted by molar-refractivity contribution is -0.138. The fourth-order valence-corrected chi connectivity index (χ4v) is 1.33. The zero-order valence-electron chi connectivity index (χ0n) is 9.15. The van der Waals surface area contributed by atoms with Gasteiger partial charge >= 0.3 is 5.97 Å². The minimum atomic E-state index is -2.77. The molecule has 0 saturated carbocycles. The number of aromatic nitrogens is 2. The summed E-state index contributed by atoms with van der Waals surface area (Å²) < 4.78 is 26.6. The molecule has 0 aliphatic rings. The van der Waals surface area contributed by atoms with Crippen LogP contribution >= 0.6 is 0 Å². The number of aliphatic carboxylic acids is 1. The van der Waals surface area contributed by atoms with Crippen LogP contribution in [0.15, 0.2) is 12.3 Å². The SMILES string of the molecule is CC(C(=O)O)c1ccnn1CCC(C)(F)F. The quantitative estimate of drug-likeness (QED) is 0.845. The lowest BCUT2D eigenvalue weighted by Crippen LogP contribution is -2.18. The Hall–Kier alpha value is -1.46. The second-order valence-electron chi connectivity index (χ2n) is 3.86. The number of carboxylic acid groups (broad SMARTS) is 1. The number of rotatable bonds is 5. The molecule has 0 fully saturated rings. The Kier molecular flexibility index (Phi) is 3.62. The van der Waals surface area contributed by atoms with E-state index in [1.54, 1.807) is 0 Å². The number of aryl methyl sites for hydroxylation is 1. The van der Waals surface area contributed by atoms with Crippen LogP contribution in [0.2, 0.25) is 0 Å². The first-order chi connectivity index (χ1) is 7.31. The average molecular weight is 232 g/mol. The van der Waals surface area contributed by atoms with E-state index in [1.807, 2.05) is 0 Å². The van der Waals surface area contributed by atoms with Crippen molar-refractivity contribution in [3.63, 3.8) is 0 Å². The molecule has 0 bridgehead atoms. The Morgan fingerprint density at radius 1 is 1.69 bits per heavy atom. The van der Waals surface area contributed by atoms with Crippen molar-refractivity contribution >= 4 is 5.97 Å². The maximum Gasteiger partial charge on any atom is 0.312 e. The van der Waals surface area contributed by atoms with E-state index in [0.717, 1.165) is 6.92 Å². The Morgan fingerprint density at radius 2 is 2.31 bits per heavy atom. The van der Waals surface area contributed by atoms with Crippen molar-refractivity contribution in [2.75, 3.05) is 0 Å². The van der Waals surface area contributed by atoms with E-state index >= 15 is 0 Å². The van der Waals surface area contributed by atoms with E-state index in [9.17, 15) is 13.6 Å². The summed E-state index contributed by atoms with van der Waals surface area (Å²) in [4.78, 5) is 10.8. The van der Waals surface area contributed by atoms with Gasteiger partial charge in [0.25, 0.3) is 0 Å². The van der Waals surface area contributed by atoms with E-state index in [0.29, 0.717) is 5.69 Å². The van der Waals surface area contributed by atoms with Gasteiger partial charge < -0.3 is 5.11 Å². The molecule has 0 radical (unpaired) electrons. The van der Waals surface area contributed by atoms with Gasteiger partial charge in [-0.3, -0.25) is 9.48 Å². The van der Waals surface area contributed by atoms with Crippen molar-refractivity contribution in [1.29, 1.82) is 0 Å². The molecule has 1 rings (SSSR count). The van der Waals surface area contributed by atoms with Crippen molar-refractivity contribution in [3.05, 3.63) is 18.0 Å². The number of alkyl halides is 2. The van der Waals surface area contributed by atoms with Gasteiger partial charge in [-0.2, -0.15) is 5.10 Å². The molecule has 1 aromatic rings. The van der Waals surface area contributed by atoms with Gasteiger partial charge in [-0.05, 0) is 19.9 Å². The number of hydrogen-bond acceptors (Lipinski definition) is 2. The smallest absolute Gasteiger partial charge is 0.312 e. The summed E-state index contributed by atoms with van der Waals surface area (Å²) in [6.07, 6.45) is 1.07. The van der Waals surface area contributed by atoms with E-state index in [4.69, 9.17) is 5.11 Å². The van der Waals surface area contributed by atoms with Gasteiger partial charge in [0.15, 0.2) is 0 Å². The highest BCUT2D eigenvalue weighted by atomic mass is 19.3. The molecule has 1 N–H and O–H groups in total. The molecule has 1 aromatic heterocycles. The first-order valence-electron chi connectivity index (χ1n) is 4.93. The van der Waals surface area contributed by atoms with Crippen molar-refractivity contribution < 1.29 is 18.7 Å². The summed E-state index contributed by atoms with van der Waals surface area (Å²) in [5.74, 6) is -4.51. The molecule has 0 spiro atoms. The van der Waals surface area contributed by atoms with Crippen LogP contribution in [-0.4, -0.2) is 26.8 Å². The van der Waals surface area contributed by atoms with E-state index < -0.39 is 17.8 Å². The summed E-state index contributed by atoms with van der Waals surface area (Å²) in [7, 11) is 0. The van der Waals surface area contributed by atoms with Gasteiger partial charge in [-0.1, -0.05) is 0 Å². The lowest BCUT2D eigenvalue weighted by Gasteiger charge is -2.13. The monoisotopic (exact) mass is 232 g/mol. The molecule has 16 heavy (non-hydrogen) atoms. The lowest BCUT2D eigenvalue weighted by atomic mass is 10.1. The summed E-state index contributed by atoms with van der Waals surface area (Å²) in [6, 6.07) is 1.53. The highest BCUT2D eigenvalue weighted by molar-refractivity contribution is 5.74. The number of nitrogens with zero attached hydrogens (tertiary/aromatic N) is 2. The molecule has 6 heteroatoms. The molecule has 4 nitrogen and oxygen atoms in total. The summed E-state index contributed by atoms with van der Waals surface area (Å²) in [5, 5.41) is 12.7. The van der Waals surface area contributed by atoms with Gasteiger partial charge in [0.2, 0.25) is 5.92 Å². The molecule has 0 aromatic carbocycles. The molecule has 90 valence electrons. The Balaban J connectivity index is 2.75. The van der Waals surface area contributed by atoms with Crippen molar-refractivity contribution in [1.82, 2.24) is 9.78 Å². The van der Waals surface area contributed by atoms with Gasteiger partial charge in [-0.25, -0.2) is 8.78 Å². The minimum Gasteiger partial charge on any atom is -0.481 e. The summed E-state index contributed by atoms with van der Waals surface area (Å²) in [6.45, 7) is 2.35. The van der Waals surface area contributed by atoms with Gasteiger partial charge in [-0.15, -0.1) is 0 Å². The Labute approximate surface area is 91.9 Å². The third-order valence-corrected chi connectivity index (χ3v) is 2.33. The number of halogens is 2. The fraction of sp³-hybridized carbons (Fsp3) is 0.600. The van der Waals surface area contributed by atoms with Crippen LogP contribution in [0.4, 0.5) is 8.78 Å². The molecular formula is C10H14F2N2O2. The zero-order valence-corrected chi connectivity index (χ0v) is 9.15. The standard InChI is InChI=1S/C10H14F2N2O2/c1-7(9(15)16)8-3-5-13-14(8)6-4-10(2,11)12/h3,5,7H,4,6H2,1-2H3,(H,15,16). The van der Waals surface area contributed by atoms with Crippen molar-refractivity contribution in [2.45, 2.75) is 38.7 Å². The summed E-state index contributed by atoms with van der Waals surface area (Å²) >= 11 is 0. The fourth-order valence-electron chi connectivity index (χ4n) is 1.33. The third kappa shape index (κ3) is 3.29. The largest absolute Gasteiger partial charge is 0.481 e. The predicted octanol–water partition coefficient (Wildman–Crippen LogP) is 2.12. The predicted molar refractivity (Wildman–Crippen MR) is 53.5 cm³/mol. The highest BCUT2D eigenvalue weighted by Gasteiger charge is 2.23. The second kappa shape index (κ2) is 4.59. The number of hydrogen-bond donors (Lipinski definition) is 1. The van der Waals surface area contributed by atoms with Crippen LogP contribution in [-0.2, 0) is 11.3 Å². The Morgan fingerprint density at radius 3 is 2.81 bits per heavy atom. The third-order valence-electron chi connectivity index (χ3n) is 2.33. The first-order valence-corrected chi connectivity index (χ1v) is 4.93. The van der Waals surface area contributed by atoms with Crippen LogP contribution in [0.5, 0.6) is 0 Å². The molecule has 1 atom stereocenters. The maximum absolute atomic E-state index is 12.6. The van der Waals surface area contributed by atoms with E-state index in [-0.39, 0.29) is 13.0 Å². The van der Waals surface area contributed by atoms with Crippen LogP contribution in [0.1, 0.15) is 31.9 Å². The topological polar surface area (TPSA) is 55.1 Å². The van der Waals surface area contributed by atoms with Crippen LogP contribution in [0.3, 0.4) is 0 Å². The minimum absolute atomic E-state index is 0.0173. The highest BCUT2D eigenvalue weighted by Crippen LogP contribution is 2.20. The van der Waals surface area contributed by atoms with Crippen LogP contribution in [0, 0.1) is 0 Å². The molecule has 1 heterocycles.